The van der Waals surface area contributed by atoms with Crippen molar-refractivity contribution in [2.24, 2.45) is 0 Å². The standard InChI is InChI=1S/C16H17N3O4/c1-16(15(21)22,11-5-3-2-4-6-11)18-14(20)12-9-17-13-10-23-8-7-19(12)13/h2-6,9H,7-8,10H2,1H3,(H,18,20)(H,21,22). The largest absolute Gasteiger partial charge is 0.479 e. The van der Waals surface area contributed by atoms with E-state index in [-0.39, 0.29) is 0 Å². The summed E-state index contributed by atoms with van der Waals surface area (Å²) in [5.74, 6) is -0.934. The molecule has 0 bridgehead atoms. The lowest BCUT2D eigenvalue weighted by Gasteiger charge is -2.27. The number of carbonyl (C=O) groups is 2. The minimum atomic E-state index is -1.52. The molecule has 1 unspecified atom stereocenters. The first-order valence-corrected chi connectivity index (χ1v) is 7.26. The van der Waals surface area contributed by atoms with Gasteiger partial charge in [-0.05, 0) is 12.5 Å². The fourth-order valence-electron chi connectivity index (χ4n) is 2.59. The second-order valence-corrected chi connectivity index (χ2v) is 5.51. The zero-order valence-electron chi connectivity index (χ0n) is 12.7. The predicted octanol–water partition coefficient (Wildman–Crippen LogP) is 1.14. The summed E-state index contributed by atoms with van der Waals surface area (Å²) < 4.78 is 7.04. The van der Waals surface area contributed by atoms with Crippen LogP contribution in [0, 0.1) is 0 Å². The zero-order chi connectivity index (χ0) is 16.4. The first-order chi connectivity index (χ1) is 11.0. The van der Waals surface area contributed by atoms with E-state index in [2.05, 4.69) is 10.3 Å². The molecule has 1 aliphatic rings. The summed E-state index contributed by atoms with van der Waals surface area (Å²) >= 11 is 0. The van der Waals surface area contributed by atoms with Gasteiger partial charge < -0.3 is 19.7 Å². The summed E-state index contributed by atoms with van der Waals surface area (Å²) in [7, 11) is 0. The Balaban J connectivity index is 1.91. The van der Waals surface area contributed by atoms with Crippen LogP contribution < -0.4 is 5.32 Å². The first kappa shape index (κ1) is 15.2. The number of fused-ring (bicyclic) bond motifs is 1. The lowest BCUT2D eigenvalue weighted by atomic mass is 9.92. The summed E-state index contributed by atoms with van der Waals surface area (Å²) in [6.45, 7) is 2.84. The van der Waals surface area contributed by atoms with Crippen LogP contribution in [-0.2, 0) is 28.2 Å². The van der Waals surface area contributed by atoms with Crippen molar-refractivity contribution >= 4 is 11.9 Å². The summed E-state index contributed by atoms with van der Waals surface area (Å²) in [5.41, 5.74) is -0.678. The van der Waals surface area contributed by atoms with Crippen molar-refractivity contribution in [1.82, 2.24) is 14.9 Å². The van der Waals surface area contributed by atoms with Gasteiger partial charge in [0.25, 0.3) is 5.91 Å². The highest BCUT2D eigenvalue weighted by molar-refractivity contribution is 5.96. The van der Waals surface area contributed by atoms with E-state index in [0.29, 0.717) is 36.8 Å². The molecule has 0 spiro atoms. The van der Waals surface area contributed by atoms with Crippen LogP contribution in [0.25, 0.3) is 0 Å². The number of amides is 1. The molecule has 1 aromatic heterocycles. The van der Waals surface area contributed by atoms with Crippen molar-refractivity contribution < 1.29 is 19.4 Å². The maximum absolute atomic E-state index is 12.6. The lowest BCUT2D eigenvalue weighted by Crippen LogP contribution is -2.50. The van der Waals surface area contributed by atoms with Crippen LogP contribution in [0.1, 0.15) is 28.8 Å². The number of hydrogen-bond acceptors (Lipinski definition) is 4. The van der Waals surface area contributed by atoms with Crippen molar-refractivity contribution in [1.29, 1.82) is 0 Å². The second-order valence-electron chi connectivity index (χ2n) is 5.51. The van der Waals surface area contributed by atoms with E-state index in [0.717, 1.165) is 0 Å². The molecule has 0 fully saturated rings. The minimum absolute atomic E-state index is 0.340. The monoisotopic (exact) mass is 315 g/mol. The van der Waals surface area contributed by atoms with Crippen LogP contribution in [0.2, 0.25) is 0 Å². The van der Waals surface area contributed by atoms with Crippen LogP contribution in [-0.4, -0.2) is 33.1 Å². The summed E-state index contributed by atoms with van der Waals surface area (Å²) in [4.78, 5) is 28.5. The Morgan fingerprint density at radius 2 is 2.09 bits per heavy atom. The van der Waals surface area contributed by atoms with Crippen LogP contribution in [0.4, 0.5) is 0 Å². The molecule has 1 aliphatic heterocycles. The number of hydrogen-bond donors (Lipinski definition) is 2. The van der Waals surface area contributed by atoms with Gasteiger partial charge in [0, 0.05) is 6.54 Å². The Hall–Kier alpha value is -2.67. The van der Waals surface area contributed by atoms with Gasteiger partial charge in [-0.2, -0.15) is 0 Å². The third-order valence-electron chi connectivity index (χ3n) is 4.00. The third kappa shape index (κ3) is 2.70. The highest BCUT2D eigenvalue weighted by Crippen LogP contribution is 2.22. The summed E-state index contributed by atoms with van der Waals surface area (Å²) in [6.07, 6.45) is 1.45. The fourth-order valence-corrected chi connectivity index (χ4v) is 2.59. The SMILES string of the molecule is CC(NC(=O)c1cnc2n1CCOC2)(C(=O)O)c1ccccc1. The topological polar surface area (TPSA) is 93.5 Å². The molecule has 2 heterocycles. The van der Waals surface area contributed by atoms with Gasteiger partial charge in [-0.1, -0.05) is 30.3 Å². The number of carbonyl (C=O) groups excluding carboxylic acids is 1. The van der Waals surface area contributed by atoms with Gasteiger partial charge >= 0.3 is 5.97 Å². The van der Waals surface area contributed by atoms with Crippen molar-refractivity contribution in [3.8, 4) is 0 Å². The molecule has 120 valence electrons. The first-order valence-electron chi connectivity index (χ1n) is 7.26. The zero-order valence-corrected chi connectivity index (χ0v) is 12.7. The Bertz CT molecular complexity index is 741. The van der Waals surface area contributed by atoms with Crippen LogP contribution in [0.5, 0.6) is 0 Å². The Morgan fingerprint density at radius 3 is 2.78 bits per heavy atom. The van der Waals surface area contributed by atoms with E-state index in [1.165, 1.54) is 13.1 Å². The molecule has 23 heavy (non-hydrogen) atoms. The average molecular weight is 315 g/mol. The molecule has 2 aromatic rings. The van der Waals surface area contributed by atoms with Crippen LogP contribution in [0.3, 0.4) is 0 Å². The molecule has 1 atom stereocenters. The van der Waals surface area contributed by atoms with E-state index in [1.54, 1.807) is 34.9 Å². The molecule has 0 saturated heterocycles. The van der Waals surface area contributed by atoms with Gasteiger partial charge in [-0.3, -0.25) is 4.79 Å². The number of carboxylic acids is 1. The quantitative estimate of drug-likeness (QED) is 0.882. The number of aromatic nitrogens is 2. The fraction of sp³-hybridized carbons (Fsp3) is 0.312. The molecule has 3 rings (SSSR count). The second kappa shape index (κ2) is 5.85. The highest BCUT2D eigenvalue weighted by Gasteiger charge is 2.37. The van der Waals surface area contributed by atoms with E-state index >= 15 is 0 Å². The smallest absolute Gasteiger partial charge is 0.333 e. The van der Waals surface area contributed by atoms with Crippen molar-refractivity contribution in [3.05, 3.63) is 53.6 Å². The molecule has 7 heteroatoms. The van der Waals surface area contributed by atoms with Gasteiger partial charge in [0.05, 0.1) is 12.8 Å². The molecule has 0 aliphatic carbocycles. The van der Waals surface area contributed by atoms with Crippen molar-refractivity contribution in [2.75, 3.05) is 6.61 Å². The Morgan fingerprint density at radius 1 is 1.35 bits per heavy atom. The van der Waals surface area contributed by atoms with Gasteiger partial charge in [-0.15, -0.1) is 0 Å². The van der Waals surface area contributed by atoms with Gasteiger partial charge in [-0.25, -0.2) is 9.78 Å². The number of nitrogens with one attached hydrogen (secondary N) is 1. The van der Waals surface area contributed by atoms with Gasteiger partial charge in [0.2, 0.25) is 0 Å². The summed E-state index contributed by atoms with van der Waals surface area (Å²) in [6, 6.07) is 8.62. The van der Waals surface area contributed by atoms with Crippen LogP contribution in [0.15, 0.2) is 36.5 Å². The molecule has 0 radical (unpaired) electrons. The van der Waals surface area contributed by atoms with E-state index in [4.69, 9.17) is 4.74 Å². The normalized spacial score (nSPS) is 16.2. The van der Waals surface area contributed by atoms with E-state index in [9.17, 15) is 14.7 Å². The number of aliphatic carboxylic acids is 1. The molecule has 2 N–H and O–H groups in total. The minimum Gasteiger partial charge on any atom is -0.479 e. The summed E-state index contributed by atoms with van der Waals surface area (Å²) in [5, 5.41) is 12.2. The van der Waals surface area contributed by atoms with Crippen LogP contribution >= 0.6 is 0 Å². The number of rotatable bonds is 4. The van der Waals surface area contributed by atoms with E-state index in [1.807, 2.05) is 0 Å². The number of benzene rings is 1. The number of nitrogens with zero attached hydrogens (tertiary/aromatic N) is 2. The highest BCUT2D eigenvalue weighted by atomic mass is 16.5. The lowest BCUT2D eigenvalue weighted by molar-refractivity contribution is -0.144. The molecular weight excluding hydrogens is 298 g/mol. The Labute approximate surface area is 132 Å². The molecule has 0 saturated carbocycles. The number of carboxylic acid groups (broad SMARTS) is 1. The maximum atomic E-state index is 12.6. The number of ether oxygens (including phenoxy) is 1. The van der Waals surface area contributed by atoms with Crippen molar-refractivity contribution in [2.45, 2.75) is 25.6 Å². The molecule has 1 amide bonds. The van der Waals surface area contributed by atoms with E-state index < -0.39 is 17.4 Å². The predicted molar refractivity (Wildman–Crippen MR) is 80.8 cm³/mol. The average Bonchev–Trinajstić information content (AvgIpc) is 2.99. The maximum Gasteiger partial charge on any atom is 0.333 e. The van der Waals surface area contributed by atoms with Crippen molar-refractivity contribution in [3.63, 3.8) is 0 Å². The molecular formula is C16H17N3O4. The van der Waals surface area contributed by atoms with Gasteiger partial charge in [0.1, 0.15) is 18.1 Å². The molecule has 1 aromatic carbocycles. The van der Waals surface area contributed by atoms with Gasteiger partial charge in [0.15, 0.2) is 5.54 Å². The Kier molecular flexibility index (Phi) is 3.87. The number of imidazole rings is 1. The molecule has 7 nitrogen and oxygen atoms in total. The third-order valence-corrected chi connectivity index (χ3v) is 4.00.